The van der Waals surface area contributed by atoms with E-state index >= 15 is 0 Å². The van der Waals surface area contributed by atoms with Crippen molar-refractivity contribution in [2.24, 2.45) is 5.92 Å². The molecule has 2 aromatic rings. The highest BCUT2D eigenvalue weighted by Crippen LogP contribution is 2.44. The molecule has 1 N–H and O–H groups in total. The lowest BCUT2D eigenvalue weighted by Gasteiger charge is -2.29. The van der Waals surface area contributed by atoms with Crippen LogP contribution in [0, 0.1) is 5.92 Å². The van der Waals surface area contributed by atoms with Crippen molar-refractivity contribution >= 4 is 15.5 Å². The molecule has 0 aromatic heterocycles. The number of benzene rings is 2. The smallest absolute Gasteiger partial charge is 0.207 e. The summed E-state index contributed by atoms with van der Waals surface area (Å²) >= 11 is 0. The molecule has 112 valence electrons. The molecule has 0 amide bonds. The summed E-state index contributed by atoms with van der Waals surface area (Å²) in [7, 11) is -3.37. The molecule has 4 nitrogen and oxygen atoms in total. The Hall–Kier alpha value is -1.85. The Morgan fingerprint density at radius 3 is 2.55 bits per heavy atom. The van der Waals surface area contributed by atoms with Gasteiger partial charge in [0, 0.05) is 48.4 Å². The fourth-order valence-corrected chi connectivity index (χ4v) is 5.56. The minimum Gasteiger partial charge on any atom is -0.370 e. The maximum atomic E-state index is 12.8. The third kappa shape index (κ3) is 1.53. The Kier molecular flexibility index (Phi) is 2.37. The Labute approximate surface area is 129 Å². The third-order valence-electron chi connectivity index (χ3n) is 5.17. The molecule has 5 rings (SSSR count). The topological polar surface area (TPSA) is 49.4 Å². The Balaban J connectivity index is 1.63. The summed E-state index contributed by atoms with van der Waals surface area (Å²) in [5.74, 6) is 0.710. The summed E-state index contributed by atoms with van der Waals surface area (Å²) in [6.07, 6.45) is 0. The fourth-order valence-electron chi connectivity index (χ4n) is 3.86. The van der Waals surface area contributed by atoms with E-state index in [1.807, 2.05) is 24.3 Å². The van der Waals surface area contributed by atoms with Crippen LogP contribution in [-0.4, -0.2) is 34.1 Å². The fraction of sp³-hybridized carbons (Fsp3) is 0.294. The van der Waals surface area contributed by atoms with Gasteiger partial charge in [-0.2, -0.15) is 0 Å². The summed E-state index contributed by atoms with van der Waals surface area (Å²) in [4.78, 5) is 3.19. The summed E-state index contributed by atoms with van der Waals surface area (Å²) in [6.45, 7) is 3.07. The van der Waals surface area contributed by atoms with E-state index in [1.165, 1.54) is 0 Å². The second kappa shape index (κ2) is 4.12. The zero-order chi connectivity index (χ0) is 14.9. The van der Waals surface area contributed by atoms with Crippen LogP contribution in [0.1, 0.15) is 0 Å². The van der Waals surface area contributed by atoms with Crippen LogP contribution in [0.3, 0.4) is 0 Å². The van der Waals surface area contributed by atoms with Gasteiger partial charge in [-0.3, -0.25) is 0 Å². The first-order chi connectivity index (χ1) is 10.6. The van der Waals surface area contributed by atoms with Crippen LogP contribution >= 0.6 is 0 Å². The van der Waals surface area contributed by atoms with E-state index in [2.05, 4.69) is 16.3 Å². The number of hydrogen-bond donors (Lipinski definition) is 1. The lowest BCUT2D eigenvalue weighted by Crippen LogP contribution is -2.51. The van der Waals surface area contributed by atoms with Crippen LogP contribution in [0.4, 0.5) is 5.69 Å². The highest BCUT2D eigenvalue weighted by Gasteiger charge is 2.40. The van der Waals surface area contributed by atoms with Gasteiger partial charge in [0.2, 0.25) is 9.84 Å². The van der Waals surface area contributed by atoms with E-state index in [4.69, 9.17) is 0 Å². The number of sulfone groups is 1. The first kappa shape index (κ1) is 12.7. The third-order valence-corrected chi connectivity index (χ3v) is 7.02. The predicted octanol–water partition coefficient (Wildman–Crippen LogP) is 1.91. The van der Waals surface area contributed by atoms with Crippen LogP contribution in [0.25, 0.3) is 11.1 Å². The van der Waals surface area contributed by atoms with Gasteiger partial charge in [0.25, 0.3) is 0 Å². The van der Waals surface area contributed by atoms with Gasteiger partial charge in [-0.1, -0.05) is 24.3 Å². The summed E-state index contributed by atoms with van der Waals surface area (Å²) in [5.41, 5.74) is 2.68. The summed E-state index contributed by atoms with van der Waals surface area (Å²) in [5, 5.41) is 3.43. The number of hydrogen-bond acceptors (Lipinski definition) is 4. The molecule has 2 saturated heterocycles. The van der Waals surface area contributed by atoms with Crippen LogP contribution in [-0.2, 0) is 9.84 Å². The van der Waals surface area contributed by atoms with Gasteiger partial charge in [-0.25, -0.2) is 8.42 Å². The zero-order valence-corrected chi connectivity index (χ0v) is 12.8. The molecular formula is C17H16N2O2S. The molecule has 0 unspecified atom stereocenters. The second-order valence-electron chi connectivity index (χ2n) is 6.36. The van der Waals surface area contributed by atoms with Crippen molar-refractivity contribution in [1.29, 1.82) is 0 Å². The highest BCUT2D eigenvalue weighted by molar-refractivity contribution is 7.92. The average Bonchev–Trinajstić information content (AvgIpc) is 2.93. The van der Waals surface area contributed by atoms with Gasteiger partial charge >= 0.3 is 0 Å². The number of rotatable bonds is 1. The average molecular weight is 312 g/mol. The van der Waals surface area contributed by atoms with Crippen LogP contribution in [0.15, 0.2) is 52.3 Å². The molecule has 5 heteroatoms. The van der Waals surface area contributed by atoms with Gasteiger partial charge < -0.3 is 10.2 Å². The molecule has 3 aliphatic rings. The first-order valence-corrected chi connectivity index (χ1v) is 9.10. The number of nitrogens with one attached hydrogen (secondary N) is 1. The Morgan fingerprint density at radius 1 is 1.00 bits per heavy atom. The molecule has 0 spiro atoms. The lowest BCUT2D eigenvalue weighted by atomic mass is 9.96. The largest absolute Gasteiger partial charge is 0.370 e. The molecule has 0 aliphatic carbocycles. The maximum Gasteiger partial charge on any atom is 0.207 e. The Bertz CT molecular complexity index is 879. The van der Waals surface area contributed by atoms with Gasteiger partial charge in [-0.15, -0.1) is 0 Å². The standard InChI is InChI=1S/C17H16N2O2S/c20-22(21)16-4-2-1-3-13(16)14-6-5-12(7-17(14)22)19-9-11-8-18-15(11)10-19/h1-7,11,15,18H,8-10H2/t11-,15+/m0/s1. The monoisotopic (exact) mass is 312 g/mol. The molecular weight excluding hydrogens is 296 g/mol. The molecule has 0 saturated carbocycles. The minimum atomic E-state index is -3.37. The molecule has 0 radical (unpaired) electrons. The Morgan fingerprint density at radius 2 is 1.82 bits per heavy atom. The van der Waals surface area contributed by atoms with Crippen molar-refractivity contribution in [3.8, 4) is 11.1 Å². The van der Waals surface area contributed by atoms with Crippen molar-refractivity contribution in [2.45, 2.75) is 15.8 Å². The van der Waals surface area contributed by atoms with Crippen LogP contribution in [0.5, 0.6) is 0 Å². The van der Waals surface area contributed by atoms with Crippen molar-refractivity contribution in [3.05, 3.63) is 42.5 Å². The second-order valence-corrected chi connectivity index (χ2v) is 8.25. The van der Waals surface area contributed by atoms with E-state index in [-0.39, 0.29) is 0 Å². The SMILES string of the molecule is O=S1(=O)c2ccccc2-c2ccc(N3C[C@@H]4CN[C@@H]4C3)cc21. The summed E-state index contributed by atoms with van der Waals surface area (Å²) < 4.78 is 25.5. The zero-order valence-electron chi connectivity index (χ0n) is 12.0. The van der Waals surface area contributed by atoms with E-state index in [1.54, 1.807) is 12.1 Å². The van der Waals surface area contributed by atoms with Crippen molar-refractivity contribution < 1.29 is 8.42 Å². The van der Waals surface area contributed by atoms with E-state index in [9.17, 15) is 8.42 Å². The lowest BCUT2D eigenvalue weighted by molar-refractivity contribution is 0.297. The molecule has 2 aromatic carbocycles. The van der Waals surface area contributed by atoms with E-state index < -0.39 is 9.84 Å². The molecule has 2 atom stereocenters. The van der Waals surface area contributed by atoms with E-state index in [0.29, 0.717) is 21.8 Å². The molecule has 3 aliphatic heterocycles. The normalized spacial score (nSPS) is 27.0. The molecule has 22 heavy (non-hydrogen) atoms. The van der Waals surface area contributed by atoms with Gasteiger partial charge in [0.1, 0.15) is 0 Å². The first-order valence-electron chi connectivity index (χ1n) is 7.61. The van der Waals surface area contributed by atoms with Gasteiger partial charge in [0.15, 0.2) is 0 Å². The number of nitrogens with zero attached hydrogens (tertiary/aromatic N) is 1. The maximum absolute atomic E-state index is 12.8. The molecule has 0 bridgehead atoms. The van der Waals surface area contributed by atoms with Gasteiger partial charge in [0.05, 0.1) is 9.79 Å². The number of anilines is 1. The molecule has 3 heterocycles. The summed E-state index contributed by atoms with van der Waals surface area (Å²) in [6, 6.07) is 13.7. The molecule has 2 fully saturated rings. The van der Waals surface area contributed by atoms with Gasteiger partial charge in [-0.05, 0) is 18.2 Å². The quantitative estimate of drug-likeness (QED) is 0.746. The van der Waals surface area contributed by atoms with Crippen LogP contribution < -0.4 is 10.2 Å². The van der Waals surface area contributed by atoms with Crippen molar-refractivity contribution in [1.82, 2.24) is 5.32 Å². The van der Waals surface area contributed by atoms with Crippen molar-refractivity contribution in [2.75, 3.05) is 24.5 Å². The van der Waals surface area contributed by atoms with E-state index in [0.717, 1.165) is 36.4 Å². The van der Waals surface area contributed by atoms with Crippen LogP contribution in [0.2, 0.25) is 0 Å². The highest BCUT2D eigenvalue weighted by atomic mass is 32.2. The van der Waals surface area contributed by atoms with Crippen molar-refractivity contribution in [3.63, 3.8) is 0 Å². The predicted molar refractivity (Wildman–Crippen MR) is 84.8 cm³/mol. The minimum absolute atomic E-state index is 0.435. The number of fused-ring (bicyclic) bond motifs is 4.